The molecular weight excluding hydrogens is 280 g/mol. The maximum atomic E-state index is 11.6. The van der Waals surface area contributed by atoms with Crippen molar-refractivity contribution in [2.24, 2.45) is 0 Å². The molecule has 0 saturated carbocycles. The zero-order valence-corrected chi connectivity index (χ0v) is 11.1. The predicted molar refractivity (Wildman–Crippen MR) is 64.9 cm³/mol. The van der Waals surface area contributed by atoms with Crippen LogP contribution < -0.4 is 4.74 Å². The number of halogens is 1. The van der Waals surface area contributed by atoms with Crippen molar-refractivity contribution in [1.29, 1.82) is 0 Å². The van der Waals surface area contributed by atoms with Crippen molar-refractivity contribution in [2.75, 3.05) is 7.11 Å². The quantitative estimate of drug-likeness (QED) is 0.641. The van der Waals surface area contributed by atoms with E-state index in [1.165, 1.54) is 32.4 Å². The summed E-state index contributed by atoms with van der Waals surface area (Å²) < 4.78 is 33.5. The van der Waals surface area contributed by atoms with Gasteiger partial charge in [0.05, 0.1) is 18.9 Å². The number of carbonyl (C=O) groups excluding carboxylic acids is 1. The number of hydrogen-bond donors (Lipinski definition) is 0. The Morgan fingerprint density at radius 1 is 1.44 bits per heavy atom. The molecule has 1 aliphatic heterocycles. The Labute approximate surface area is 108 Å². The fourth-order valence-electron chi connectivity index (χ4n) is 1.78. The maximum Gasteiger partial charge on any atom is 0.262 e. The van der Waals surface area contributed by atoms with Crippen LogP contribution in [0.25, 0.3) is 11.3 Å². The van der Waals surface area contributed by atoms with E-state index in [1.54, 1.807) is 0 Å². The smallest absolute Gasteiger partial charge is 0.262 e. The van der Waals surface area contributed by atoms with Gasteiger partial charge in [0.15, 0.2) is 5.78 Å². The van der Waals surface area contributed by atoms with Crippen molar-refractivity contribution in [1.82, 2.24) is 0 Å². The molecule has 0 aromatic rings. The van der Waals surface area contributed by atoms with E-state index in [9.17, 15) is 13.2 Å². The Balaban J connectivity index is 2.95. The third-order valence-corrected chi connectivity index (χ3v) is 3.87. The van der Waals surface area contributed by atoms with Crippen LogP contribution in [0.3, 0.4) is 0 Å². The van der Waals surface area contributed by atoms with Gasteiger partial charge in [-0.1, -0.05) is 0 Å². The van der Waals surface area contributed by atoms with Gasteiger partial charge in [-0.25, -0.2) is 8.42 Å². The first-order valence-electron chi connectivity index (χ1n) is 4.90. The SMILES string of the molecule is COc1ccoc2cc(C(C)=O)c(S(=O)(=O)Cl)c1-2. The van der Waals surface area contributed by atoms with Crippen molar-refractivity contribution in [3.63, 3.8) is 0 Å². The van der Waals surface area contributed by atoms with E-state index in [0.717, 1.165) is 0 Å². The lowest BCUT2D eigenvalue weighted by molar-refractivity contribution is 0.101. The van der Waals surface area contributed by atoms with Crippen LogP contribution in [-0.4, -0.2) is 21.3 Å². The summed E-state index contributed by atoms with van der Waals surface area (Å²) in [4.78, 5) is 11.2. The van der Waals surface area contributed by atoms with Crippen molar-refractivity contribution < 1.29 is 22.4 Å². The molecule has 0 unspecified atom stereocenters. The Morgan fingerprint density at radius 2 is 2.11 bits per heavy atom. The molecule has 2 aliphatic rings. The highest BCUT2D eigenvalue weighted by Gasteiger charge is 2.31. The predicted octanol–water partition coefficient (Wildman–Crippen LogP) is 2.52. The molecule has 0 bridgehead atoms. The molecule has 5 nitrogen and oxygen atoms in total. The summed E-state index contributed by atoms with van der Waals surface area (Å²) in [5, 5.41) is 0. The number of Topliss-reactive ketones (excluding diaryl/α,β-unsaturated/α-hetero) is 1. The minimum absolute atomic E-state index is 0.00625. The third kappa shape index (κ3) is 1.97. The van der Waals surface area contributed by atoms with Crippen molar-refractivity contribution >= 4 is 25.5 Å². The van der Waals surface area contributed by atoms with Crippen LogP contribution >= 0.6 is 10.7 Å². The topological polar surface area (TPSA) is 73.6 Å². The molecule has 0 radical (unpaired) electrons. The normalized spacial score (nSPS) is 11.7. The van der Waals surface area contributed by atoms with Crippen LogP contribution in [0.1, 0.15) is 17.3 Å². The monoisotopic (exact) mass is 288 g/mol. The van der Waals surface area contributed by atoms with E-state index in [0.29, 0.717) is 0 Å². The summed E-state index contributed by atoms with van der Waals surface area (Å²) in [6, 6.07) is 2.80. The Kier molecular flexibility index (Phi) is 3.08. The molecule has 0 fully saturated rings. The van der Waals surface area contributed by atoms with Gasteiger partial charge in [0, 0.05) is 22.3 Å². The average molecular weight is 289 g/mol. The number of hydrogen-bond acceptors (Lipinski definition) is 5. The first-order valence-corrected chi connectivity index (χ1v) is 7.21. The molecule has 1 heterocycles. The Bertz CT molecular complexity index is 686. The van der Waals surface area contributed by atoms with Crippen LogP contribution in [0.15, 0.2) is 27.7 Å². The third-order valence-electron chi connectivity index (χ3n) is 2.50. The van der Waals surface area contributed by atoms with E-state index < -0.39 is 14.8 Å². The highest BCUT2D eigenvalue weighted by atomic mass is 35.7. The largest absolute Gasteiger partial charge is 0.496 e. The molecule has 0 N–H and O–H groups in total. The number of carbonyl (C=O) groups is 1. The standard InChI is InChI=1S/C11H9ClO5S/c1-6(13)7-5-9-10(11(7)18(12,14)15)8(16-2)3-4-17-9/h3-5H,1-2H3. The first kappa shape index (κ1) is 12.9. The fourth-order valence-corrected chi connectivity index (χ4v) is 3.17. The number of fused-ring (bicyclic) bond motifs is 1. The van der Waals surface area contributed by atoms with Crippen molar-refractivity contribution in [2.45, 2.75) is 11.8 Å². The van der Waals surface area contributed by atoms with Gasteiger partial charge in [-0.15, -0.1) is 0 Å². The number of methoxy groups -OCH3 is 1. The summed E-state index contributed by atoms with van der Waals surface area (Å²) in [6.45, 7) is 1.26. The van der Waals surface area contributed by atoms with E-state index >= 15 is 0 Å². The molecule has 0 aromatic heterocycles. The minimum Gasteiger partial charge on any atom is -0.496 e. The second-order valence-corrected chi connectivity index (χ2v) is 6.11. The highest BCUT2D eigenvalue weighted by molar-refractivity contribution is 8.14. The summed E-state index contributed by atoms with van der Waals surface area (Å²) in [6.07, 6.45) is 1.34. The summed E-state index contributed by atoms with van der Waals surface area (Å²) in [5.74, 6) is 0.101. The number of ether oxygens (including phenoxy) is 1. The van der Waals surface area contributed by atoms with E-state index in [1.807, 2.05) is 0 Å². The lowest BCUT2D eigenvalue weighted by Gasteiger charge is -2.07. The lowest BCUT2D eigenvalue weighted by Crippen LogP contribution is -2.00. The molecule has 2 rings (SSSR count). The second-order valence-electron chi connectivity index (χ2n) is 3.61. The van der Waals surface area contributed by atoms with Gasteiger partial charge < -0.3 is 9.15 Å². The van der Waals surface area contributed by atoms with Gasteiger partial charge in [-0.2, -0.15) is 0 Å². The van der Waals surface area contributed by atoms with E-state index in [2.05, 4.69) is 0 Å². The lowest BCUT2D eigenvalue weighted by atomic mass is 10.2. The van der Waals surface area contributed by atoms with E-state index in [-0.39, 0.29) is 27.5 Å². The van der Waals surface area contributed by atoms with Crippen molar-refractivity contribution in [3.05, 3.63) is 24.0 Å². The molecule has 7 heteroatoms. The highest BCUT2D eigenvalue weighted by Crippen LogP contribution is 2.43. The Morgan fingerprint density at radius 3 is 2.61 bits per heavy atom. The summed E-state index contributed by atoms with van der Waals surface area (Å²) >= 11 is 0. The minimum atomic E-state index is -4.08. The molecule has 0 saturated heterocycles. The van der Waals surface area contributed by atoms with Crippen LogP contribution in [0.4, 0.5) is 0 Å². The fraction of sp³-hybridized carbons (Fsp3) is 0.182. The van der Waals surface area contributed by atoms with Gasteiger partial charge in [0.1, 0.15) is 16.4 Å². The molecular formula is C11H9ClO5S. The van der Waals surface area contributed by atoms with Crippen LogP contribution in [-0.2, 0) is 9.05 Å². The molecule has 0 spiro atoms. The van der Waals surface area contributed by atoms with Gasteiger partial charge in [0.2, 0.25) is 0 Å². The van der Waals surface area contributed by atoms with Crippen LogP contribution in [0, 0.1) is 0 Å². The second kappa shape index (κ2) is 4.29. The Hall–Kier alpha value is -1.53. The van der Waals surface area contributed by atoms with Gasteiger partial charge in [0.25, 0.3) is 9.05 Å². The van der Waals surface area contributed by atoms with Crippen LogP contribution in [0.5, 0.6) is 5.75 Å². The first-order chi connectivity index (χ1) is 8.36. The van der Waals surface area contributed by atoms with Gasteiger partial charge in [-0.3, -0.25) is 4.79 Å². The summed E-state index contributed by atoms with van der Waals surface area (Å²) in [5.41, 5.74) is 0.174. The number of rotatable bonds is 3. The van der Waals surface area contributed by atoms with E-state index in [4.69, 9.17) is 19.8 Å². The van der Waals surface area contributed by atoms with Gasteiger partial charge >= 0.3 is 0 Å². The number of ketones is 1. The molecule has 0 amide bonds. The zero-order valence-electron chi connectivity index (χ0n) is 9.56. The molecule has 0 aromatic carbocycles. The molecule has 0 atom stereocenters. The molecule has 1 aliphatic carbocycles. The van der Waals surface area contributed by atoms with Crippen LogP contribution in [0.2, 0.25) is 0 Å². The van der Waals surface area contributed by atoms with Gasteiger partial charge in [-0.05, 0) is 13.0 Å². The summed E-state index contributed by atoms with van der Waals surface area (Å²) in [7, 11) is 2.69. The molecule has 18 heavy (non-hydrogen) atoms. The zero-order chi connectivity index (χ0) is 13.5. The average Bonchev–Trinajstić information content (AvgIpc) is 2.67. The molecule has 96 valence electrons. The van der Waals surface area contributed by atoms with Crippen molar-refractivity contribution in [3.8, 4) is 17.1 Å². The maximum absolute atomic E-state index is 11.6.